The molecule has 0 rings (SSSR count). The van der Waals surface area contributed by atoms with E-state index in [4.69, 9.17) is 9.47 Å². The van der Waals surface area contributed by atoms with E-state index in [9.17, 15) is 9.90 Å². The number of carbonyl (C=O) groups excluding carboxylic acids is 1. The maximum absolute atomic E-state index is 12.2. The van der Waals surface area contributed by atoms with Gasteiger partial charge in [0, 0.05) is 13.0 Å². The van der Waals surface area contributed by atoms with Crippen LogP contribution in [0.15, 0.2) is 60.8 Å². The van der Waals surface area contributed by atoms with Gasteiger partial charge in [-0.25, -0.2) is 0 Å². The second kappa shape index (κ2) is 46.2. The molecule has 0 aromatic rings. The van der Waals surface area contributed by atoms with Crippen molar-refractivity contribution in [1.29, 1.82) is 0 Å². The first-order valence-electron chi connectivity index (χ1n) is 22.9. The van der Waals surface area contributed by atoms with E-state index in [-0.39, 0.29) is 12.6 Å². The second-order valence-electron chi connectivity index (χ2n) is 15.1. The summed E-state index contributed by atoms with van der Waals surface area (Å²) in [5.74, 6) is -0.201. The lowest BCUT2D eigenvalue weighted by molar-refractivity contribution is -0.154. The molecule has 0 fully saturated rings. The van der Waals surface area contributed by atoms with Gasteiger partial charge in [-0.3, -0.25) is 4.79 Å². The molecule has 0 heterocycles. The first-order chi connectivity index (χ1) is 26.2. The van der Waals surface area contributed by atoms with E-state index in [1.54, 1.807) is 0 Å². The van der Waals surface area contributed by atoms with Crippen LogP contribution in [-0.2, 0) is 14.3 Å². The lowest BCUT2D eigenvalue weighted by Gasteiger charge is -2.16. The van der Waals surface area contributed by atoms with Crippen LogP contribution < -0.4 is 0 Å². The number of carbonyl (C=O) groups is 1. The van der Waals surface area contributed by atoms with Gasteiger partial charge in [-0.15, -0.1) is 0 Å². The zero-order valence-electron chi connectivity index (χ0n) is 35.3. The zero-order chi connectivity index (χ0) is 38.4. The Labute approximate surface area is 330 Å². The van der Waals surface area contributed by atoms with E-state index in [1.807, 2.05) is 0 Å². The number of rotatable bonds is 42. The Morgan fingerprint density at radius 3 is 1.28 bits per heavy atom. The third-order valence-corrected chi connectivity index (χ3v) is 9.86. The van der Waals surface area contributed by atoms with E-state index in [2.05, 4.69) is 74.6 Å². The molecule has 1 N–H and O–H groups in total. The van der Waals surface area contributed by atoms with Gasteiger partial charge in [-0.2, -0.15) is 0 Å². The highest BCUT2D eigenvalue weighted by Gasteiger charge is 2.13. The Balaban J connectivity index is 3.43. The highest BCUT2D eigenvalue weighted by molar-refractivity contribution is 5.69. The van der Waals surface area contributed by atoms with Gasteiger partial charge in [-0.1, -0.05) is 216 Å². The van der Waals surface area contributed by atoms with Crippen LogP contribution in [0.4, 0.5) is 0 Å². The molecule has 53 heavy (non-hydrogen) atoms. The van der Waals surface area contributed by atoms with E-state index < -0.39 is 6.10 Å². The number of ether oxygens (including phenoxy) is 2. The summed E-state index contributed by atoms with van der Waals surface area (Å²) in [4.78, 5) is 12.2. The molecular weight excluding hydrogens is 653 g/mol. The number of unbranched alkanes of at least 4 members (excludes halogenated alkanes) is 24. The van der Waals surface area contributed by atoms with Crippen molar-refractivity contribution in [2.45, 2.75) is 225 Å². The average Bonchev–Trinajstić information content (AvgIpc) is 3.16. The number of allylic oxidation sites excluding steroid dienone is 10. The molecule has 0 amide bonds. The van der Waals surface area contributed by atoms with Gasteiger partial charge < -0.3 is 14.6 Å². The summed E-state index contributed by atoms with van der Waals surface area (Å²) >= 11 is 0. The van der Waals surface area contributed by atoms with Gasteiger partial charge in [0.2, 0.25) is 0 Å². The first-order valence-corrected chi connectivity index (χ1v) is 22.9. The molecule has 0 aromatic heterocycles. The molecule has 1 unspecified atom stereocenters. The molecule has 4 nitrogen and oxygen atoms in total. The minimum absolute atomic E-state index is 0.173. The van der Waals surface area contributed by atoms with E-state index in [0.717, 1.165) is 51.4 Å². The molecule has 0 saturated carbocycles. The van der Waals surface area contributed by atoms with Gasteiger partial charge in [-0.05, 0) is 57.8 Å². The summed E-state index contributed by atoms with van der Waals surface area (Å²) in [6.45, 7) is 5.24. The van der Waals surface area contributed by atoms with Crippen molar-refractivity contribution in [3.05, 3.63) is 60.8 Å². The number of aliphatic hydroxyl groups is 1. The fourth-order valence-electron chi connectivity index (χ4n) is 6.47. The third kappa shape index (κ3) is 44.4. The predicted molar refractivity (Wildman–Crippen MR) is 233 cm³/mol. The summed E-state index contributed by atoms with van der Waals surface area (Å²) in [7, 11) is 0. The molecule has 0 aliphatic rings. The molecule has 4 heteroatoms. The molecule has 0 saturated heterocycles. The number of hydrogen-bond acceptors (Lipinski definition) is 4. The average molecular weight is 741 g/mol. The van der Waals surface area contributed by atoms with Gasteiger partial charge in [0.15, 0.2) is 0 Å². The monoisotopic (exact) mass is 741 g/mol. The fraction of sp³-hybridized carbons (Fsp3) is 0.776. The van der Waals surface area contributed by atoms with Crippen LogP contribution in [0.1, 0.15) is 219 Å². The topological polar surface area (TPSA) is 55.8 Å². The summed E-state index contributed by atoms with van der Waals surface area (Å²) in [6.07, 6.45) is 61.5. The molecule has 0 radical (unpaired) electrons. The van der Waals surface area contributed by atoms with Crippen molar-refractivity contribution >= 4 is 5.97 Å². The van der Waals surface area contributed by atoms with Crippen LogP contribution in [0.3, 0.4) is 0 Å². The van der Waals surface area contributed by atoms with Gasteiger partial charge in [0.25, 0.3) is 0 Å². The van der Waals surface area contributed by atoms with Crippen LogP contribution in [0, 0.1) is 0 Å². The second-order valence-corrected chi connectivity index (χ2v) is 15.1. The highest BCUT2D eigenvalue weighted by atomic mass is 16.6. The van der Waals surface area contributed by atoms with E-state index >= 15 is 0 Å². The Kier molecular flexibility index (Phi) is 44.6. The Morgan fingerprint density at radius 2 is 0.849 bits per heavy atom. The molecule has 0 aliphatic carbocycles. The summed E-state index contributed by atoms with van der Waals surface area (Å²) in [6, 6.07) is 0. The molecule has 0 spiro atoms. The SMILES string of the molecule is CC/C=C\C/C=C\C/C=C\C/C=C\C/C=C\CCCCCCCCCCCCOCC(CO)OC(=O)CCCCCCCCCCCCCCCCC. The smallest absolute Gasteiger partial charge is 0.306 e. The van der Waals surface area contributed by atoms with Crippen molar-refractivity contribution in [3.8, 4) is 0 Å². The predicted octanol–water partition coefficient (Wildman–Crippen LogP) is 15.2. The molecule has 308 valence electrons. The Hall–Kier alpha value is -1.91. The molecule has 1 atom stereocenters. The van der Waals surface area contributed by atoms with Gasteiger partial charge >= 0.3 is 5.97 Å². The maximum Gasteiger partial charge on any atom is 0.306 e. The Morgan fingerprint density at radius 1 is 0.472 bits per heavy atom. The number of esters is 1. The standard InChI is InChI=1S/C49H88O4/c1-3-5-7-9-11-13-15-17-19-20-21-22-23-24-25-26-27-28-29-31-33-35-37-39-41-43-45-52-47-48(46-50)53-49(51)44-42-40-38-36-34-32-30-18-16-14-12-10-8-6-4-2/h5,7,11,13,17,19,21-22,24-25,48,50H,3-4,6,8-10,12,14-16,18,20,23,26-47H2,1-2H3/b7-5-,13-11-,19-17-,22-21-,25-24-. The van der Waals surface area contributed by atoms with Crippen LogP contribution in [-0.4, -0.2) is 37.0 Å². The first kappa shape index (κ1) is 51.1. The Bertz CT molecular complexity index is 870. The van der Waals surface area contributed by atoms with Crippen molar-refractivity contribution in [2.75, 3.05) is 19.8 Å². The molecular formula is C49H88O4. The third-order valence-electron chi connectivity index (χ3n) is 9.86. The van der Waals surface area contributed by atoms with Crippen LogP contribution >= 0.6 is 0 Å². The lowest BCUT2D eigenvalue weighted by Crippen LogP contribution is -2.27. The van der Waals surface area contributed by atoms with Gasteiger partial charge in [0.05, 0.1) is 13.2 Å². The van der Waals surface area contributed by atoms with Crippen LogP contribution in [0.25, 0.3) is 0 Å². The van der Waals surface area contributed by atoms with E-state index in [1.165, 1.54) is 148 Å². The van der Waals surface area contributed by atoms with Crippen molar-refractivity contribution in [2.24, 2.45) is 0 Å². The quantitative estimate of drug-likeness (QED) is 0.0385. The normalized spacial score (nSPS) is 12.9. The van der Waals surface area contributed by atoms with Gasteiger partial charge in [0.1, 0.15) is 6.10 Å². The lowest BCUT2D eigenvalue weighted by atomic mass is 10.0. The summed E-state index contributed by atoms with van der Waals surface area (Å²) in [5.41, 5.74) is 0. The van der Waals surface area contributed by atoms with Crippen molar-refractivity contribution < 1.29 is 19.4 Å². The molecule has 0 bridgehead atoms. The number of hydrogen-bond donors (Lipinski definition) is 1. The fourth-order valence-corrected chi connectivity index (χ4v) is 6.47. The number of aliphatic hydroxyl groups excluding tert-OH is 1. The summed E-state index contributed by atoms with van der Waals surface area (Å²) < 4.78 is 11.2. The van der Waals surface area contributed by atoms with Crippen molar-refractivity contribution in [3.63, 3.8) is 0 Å². The van der Waals surface area contributed by atoms with Crippen LogP contribution in [0.5, 0.6) is 0 Å². The van der Waals surface area contributed by atoms with Crippen molar-refractivity contribution in [1.82, 2.24) is 0 Å². The highest BCUT2D eigenvalue weighted by Crippen LogP contribution is 2.15. The molecule has 0 aliphatic heterocycles. The molecule has 0 aromatic carbocycles. The maximum atomic E-state index is 12.2. The van der Waals surface area contributed by atoms with Crippen LogP contribution in [0.2, 0.25) is 0 Å². The van der Waals surface area contributed by atoms with E-state index in [0.29, 0.717) is 19.6 Å². The largest absolute Gasteiger partial charge is 0.457 e. The minimum atomic E-state index is -0.536. The zero-order valence-corrected chi connectivity index (χ0v) is 35.3. The summed E-state index contributed by atoms with van der Waals surface area (Å²) in [5, 5.41) is 9.61. The minimum Gasteiger partial charge on any atom is -0.457 e.